The van der Waals surface area contributed by atoms with Crippen molar-refractivity contribution in [3.8, 4) is 0 Å². The van der Waals surface area contributed by atoms with Gasteiger partial charge in [-0.2, -0.15) is 0 Å². The smallest absolute Gasteiger partial charge is 0.0720 e. The second-order valence-electron chi connectivity index (χ2n) is 4.24. The highest BCUT2D eigenvalue weighted by Gasteiger charge is 2.23. The lowest BCUT2D eigenvalue weighted by molar-refractivity contribution is 0.0207. The van der Waals surface area contributed by atoms with E-state index in [1.807, 2.05) is 6.07 Å². The quantitative estimate of drug-likeness (QED) is 0.710. The predicted octanol–water partition coefficient (Wildman–Crippen LogP) is 3.39. The van der Waals surface area contributed by atoms with E-state index >= 15 is 0 Å². The van der Waals surface area contributed by atoms with Gasteiger partial charge in [0, 0.05) is 0 Å². The van der Waals surface area contributed by atoms with Crippen LogP contribution >= 0.6 is 0 Å². The number of benzene rings is 1. The maximum atomic E-state index is 5.90. The summed E-state index contributed by atoms with van der Waals surface area (Å²) in [6.45, 7) is 3.07. The van der Waals surface area contributed by atoms with E-state index in [2.05, 4.69) is 31.2 Å². The first-order valence-corrected chi connectivity index (χ1v) is 5.52. The first kappa shape index (κ1) is 9.72. The molecule has 2 atom stereocenters. The third-order valence-corrected chi connectivity index (χ3v) is 3.09. The van der Waals surface area contributed by atoms with Crippen molar-refractivity contribution in [3.63, 3.8) is 0 Å². The average molecular weight is 190 g/mol. The van der Waals surface area contributed by atoms with Gasteiger partial charge in [0.05, 0.1) is 12.7 Å². The van der Waals surface area contributed by atoms with Crippen LogP contribution in [0, 0.1) is 5.92 Å². The highest BCUT2D eigenvalue weighted by Crippen LogP contribution is 2.28. The van der Waals surface area contributed by atoms with Crippen LogP contribution in [0.3, 0.4) is 0 Å². The third kappa shape index (κ3) is 2.36. The van der Waals surface area contributed by atoms with Gasteiger partial charge >= 0.3 is 0 Å². The van der Waals surface area contributed by atoms with E-state index in [1.165, 1.54) is 24.8 Å². The zero-order valence-corrected chi connectivity index (χ0v) is 8.78. The van der Waals surface area contributed by atoms with Crippen molar-refractivity contribution in [2.75, 3.05) is 0 Å². The van der Waals surface area contributed by atoms with E-state index < -0.39 is 0 Å². The summed E-state index contributed by atoms with van der Waals surface area (Å²) in [5.41, 5.74) is 1.28. The molecule has 14 heavy (non-hydrogen) atoms. The van der Waals surface area contributed by atoms with Crippen LogP contribution in [0.5, 0.6) is 0 Å². The standard InChI is InChI=1S/C13H18O/c1-11-6-5-9-13(11)14-10-12-7-3-2-4-8-12/h2-4,7-8,11,13H,5-6,9-10H2,1H3/t11?,13-/m1/s1. The molecule has 1 aromatic rings. The molecule has 76 valence electrons. The topological polar surface area (TPSA) is 9.23 Å². The summed E-state index contributed by atoms with van der Waals surface area (Å²) >= 11 is 0. The van der Waals surface area contributed by atoms with Crippen molar-refractivity contribution >= 4 is 0 Å². The minimum Gasteiger partial charge on any atom is -0.373 e. The van der Waals surface area contributed by atoms with Crippen molar-refractivity contribution in [1.82, 2.24) is 0 Å². The fourth-order valence-electron chi connectivity index (χ4n) is 2.14. The lowest BCUT2D eigenvalue weighted by Crippen LogP contribution is -2.15. The van der Waals surface area contributed by atoms with E-state index in [9.17, 15) is 0 Å². The highest BCUT2D eigenvalue weighted by molar-refractivity contribution is 5.13. The van der Waals surface area contributed by atoms with Gasteiger partial charge in [-0.25, -0.2) is 0 Å². The molecule has 1 fully saturated rings. The van der Waals surface area contributed by atoms with Gasteiger partial charge in [-0.05, 0) is 24.3 Å². The minimum absolute atomic E-state index is 0.496. The van der Waals surface area contributed by atoms with Gasteiger partial charge in [0.1, 0.15) is 0 Å². The van der Waals surface area contributed by atoms with E-state index in [0.29, 0.717) is 6.10 Å². The van der Waals surface area contributed by atoms with Crippen LogP contribution < -0.4 is 0 Å². The van der Waals surface area contributed by atoms with Crippen LogP contribution in [0.4, 0.5) is 0 Å². The van der Waals surface area contributed by atoms with Crippen LogP contribution in [0.1, 0.15) is 31.7 Å². The maximum absolute atomic E-state index is 5.90. The fourth-order valence-corrected chi connectivity index (χ4v) is 2.14. The van der Waals surface area contributed by atoms with Gasteiger partial charge in [-0.1, -0.05) is 43.7 Å². The average Bonchev–Trinajstić information content (AvgIpc) is 2.63. The molecule has 1 aliphatic carbocycles. The summed E-state index contributed by atoms with van der Waals surface area (Å²) in [4.78, 5) is 0. The Balaban J connectivity index is 1.82. The van der Waals surface area contributed by atoms with Crippen molar-refractivity contribution in [1.29, 1.82) is 0 Å². The molecule has 0 radical (unpaired) electrons. The summed E-state index contributed by atoms with van der Waals surface area (Å²) in [6.07, 6.45) is 4.41. The van der Waals surface area contributed by atoms with E-state index in [4.69, 9.17) is 4.74 Å². The van der Waals surface area contributed by atoms with Gasteiger partial charge in [0.2, 0.25) is 0 Å². The Morgan fingerprint density at radius 3 is 2.64 bits per heavy atom. The molecule has 0 spiro atoms. The number of rotatable bonds is 3. The van der Waals surface area contributed by atoms with Crippen molar-refractivity contribution in [2.45, 2.75) is 38.9 Å². The zero-order valence-electron chi connectivity index (χ0n) is 8.78. The molecule has 1 aromatic carbocycles. The Morgan fingerprint density at radius 1 is 1.21 bits per heavy atom. The molecule has 0 bridgehead atoms. The van der Waals surface area contributed by atoms with Crippen molar-refractivity contribution in [2.24, 2.45) is 5.92 Å². The number of hydrogen-bond acceptors (Lipinski definition) is 1. The fraction of sp³-hybridized carbons (Fsp3) is 0.538. The summed E-state index contributed by atoms with van der Waals surface area (Å²) in [7, 11) is 0. The van der Waals surface area contributed by atoms with Gasteiger partial charge in [0.25, 0.3) is 0 Å². The molecular formula is C13H18O. The molecule has 0 aliphatic heterocycles. The summed E-state index contributed by atoms with van der Waals surface area (Å²) in [5, 5.41) is 0. The van der Waals surface area contributed by atoms with Crippen LogP contribution in [0.25, 0.3) is 0 Å². The second kappa shape index (κ2) is 4.61. The minimum atomic E-state index is 0.496. The Bertz CT molecular complexity index is 268. The zero-order chi connectivity index (χ0) is 9.80. The normalized spacial score (nSPS) is 26.6. The van der Waals surface area contributed by atoms with E-state index in [-0.39, 0.29) is 0 Å². The number of ether oxygens (including phenoxy) is 1. The second-order valence-corrected chi connectivity index (χ2v) is 4.24. The van der Waals surface area contributed by atoms with Gasteiger partial charge in [-0.3, -0.25) is 0 Å². The molecule has 1 aliphatic rings. The Morgan fingerprint density at radius 2 is 2.00 bits per heavy atom. The van der Waals surface area contributed by atoms with E-state index in [0.717, 1.165) is 12.5 Å². The van der Waals surface area contributed by atoms with Crippen LogP contribution in [-0.2, 0) is 11.3 Å². The molecule has 1 unspecified atom stereocenters. The Hall–Kier alpha value is -0.820. The molecule has 0 amide bonds. The molecule has 2 rings (SSSR count). The molecule has 0 heterocycles. The Labute approximate surface area is 86.1 Å². The molecular weight excluding hydrogens is 172 g/mol. The SMILES string of the molecule is CC1CCC[C@H]1OCc1ccccc1. The van der Waals surface area contributed by atoms with Gasteiger partial charge in [0.15, 0.2) is 0 Å². The Kier molecular flexibility index (Phi) is 3.20. The first-order valence-electron chi connectivity index (χ1n) is 5.52. The molecule has 0 aromatic heterocycles. The molecule has 1 heteroatoms. The highest BCUT2D eigenvalue weighted by atomic mass is 16.5. The predicted molar refractivity (Wildman–Crippen MR) is 58.0 cm³/mol. The van der Waals surface area contributed by atoms with Crippen molar-refractivity contribution in [3.05, 3.63) is 35.9 Å². The lowest BCUT2D eigenvalue weighted by atomic mass is 10.1. The third-order valence-electron chi connectivity index (χ3n) is 3.09. The summed E-state index contributed by atoms with van der Waals surface area (Å²) < 4.78 is 5.90. The number of hydrogen-bond donors (Lipinski definition) is 0. The summed E-state index contributed by atoms with van der Waals surface area (Å²) in [6, 6.07) is 10.4. The largest absolute Gasteiger partial charge is 0.373 e. The maximum Gasteiger partial charge on any atom is 0.0720 e. The van der Waals surface area contributed by atoms with Crippen LogP contribution in [0.15, 0.2) is 30.3 Å². The summed E-state index contributed by atoms with van der Waals surface area (Å²) in [5.74, 6) is 0.749. The molecule has 0 saturated heterocycles. The lowest BCUT2D eigenvalue weighted by Gasteiger charge is -2.16. The van der Waals surface area contributed by atoms with Crippen LogP contribution in [0.2, 0.25) is 0 Å². The van der Waals surface area contributed by atoms with Crippen LogP contribution in [-0.4, -0.2) is 6.10 Å². The molecule has 1 nitrogen and oxygen atoms in total. The van der Waals surface area contributed by atoms with Gasteiger partial charge < -0.3 is 4.74 Å². The monoisotopic (exact) mass is 190 g/mol. The van der Waals surface area contributed by atoms with E-state index in [1.54, 1.807) is 0 Å². The molecule has 1 saturated carbocycles. The first-order chi connectivity index (χ1) is 6.86. The van der Waals surface area contributed by atoms with Crippen molar-refractivity contribution < 1.29 is 4.74 Å². The van der Waals surface area contributed by atoms with Gasteiger partial charge in [-0.15, -0.1) is 0 Å². The molecule has 0 N–H and O–H groups in total.